The lowest BCUT2D eigenvalue weighted by molar-refractivity contribution is -0.376. The molecule has 1 nitrogen and oxygen atoms in total. The lowest BCUT2D eigenvalue weighted by Crippen LogP contribution is -2.53. The largest absolute Gasteiger partial charge is 0.430 e. The minimum atomic E-state index is -5.85. The summed E-state index contributed by atoms with van der Waals surface area (Å²) in [7, 11) is 0. The summed E-state index contributed by atoms with van der Waals surface area (Å²) >= 11 is 2.03. The predicted octanol–water partition coefficient (Wildman–Crippen LogP) is 4.88. The Morgan fingerprint density at radius 1 is 1.00 bits per heavy atom. The van der Waals surface area contributed by atoms with E-state index >= 15 is 0 Å². The molecular formula is C12H11F6IO. The molecule has 0 radical (unpaired) electrons. The molecule has 0 aromatic heterocycles. The van der Waals surface area contributed by atoms with Crippen molar-refractivity contribution in [1.29, 1.82) is 0 Å². The molecule has 0 aliphatic heterocycles. The van der Waals surface area contributed by atoms with Crippen molar-refractivity contribution in [3.63, 3.8) is 0 Å². The molecule has 1 N–H and O–H groups in total. The van der Waals surface area contributed by atoms with Crippen LogP contribution in [-0.4, -0.2) is 17.5 Å². The first kappa shape index (κ1) is 17.5. The van der Waals surface area contributed by atoms with Gasteiger partial charge in [-0.1, -0.05) is 53.8 Å². The highest BCUT2D eigenvalue weighted by Crippen LogP contribution is 2.50. The maximum Gasteiger partial charge on any atom is 0.430 e. The highest BCUT2D eigenvalue weighted by molar-refractivity contribution is 14.1. The molecule has 0 aliphatic carbocycles. The van der Waals surface area contributed by atoms with Crippen LogP contribution in [0.1, 0.15) is 28.4 Å². The van der Waals surface area contributed by atoms with Crippen LogP contribution in [0.25, 0.3) is 0 Å². The molecule has 1 unspecified atom stereocenters. The fourth-order valence-electron chi connectivity index (χ4n) is 1.66. The third-order valence-electron chi connectivity index (χ3n) is 2.87. The zero-order valence-electron chi connectivity index (χ0n) is 10.2. The molecule has 0 saturated carbocycles. The minimum Gasteiger partial charge on any atom is -0.369 e. The number of benzene rings is 1. The zero-order valence-corrected chi connectivity index (χ0v) is 12.3. The summed E-state index contributed by atoms with van der Waals surface area (Å²) in [4.78, 5) is 0. The number of aliphatic hydroxyl groups is 1. The van der Waals surface area contributed by atoms with Crippen molar-refractivity contribution >= 4 is 22.6 Å². The molecular weight excluding hydrogens is 401 g/mol. The monoisotopic (exact) mass is 412 g/mol. The van der Waals surface area contributed by atoms with Crippen LogP contribution in [0.5, 0.6) is 0 Å². The summed E-state index contributed by atoms with van der Waals surface area (Å²) in [5.41, 5.74) is -5.49. The van der Waals surface area contributed by atoms with Crippen LogP contribution in [0.4, 0.5) is 26.3 Å². The van der Waals surface area contributed by atoms with Crippen molar-refractivity contribution < 1.29 is 31.4 Å². The van der Waals surface area contributed by atoms with Gasteiger partial charge in [-0.05, 0) is 12.0 Å². The van der Waals surface area contributed by atoms with Gasteiger partial charge < -0.3 is 5.11 Å². The fourth-order valence-corrected chi connectivity index (χ4v) is 2.07. The molecule has 1 rings (SSSR count). The van der Waals surface area contributed by atoms with Gasteiger partial charge in [0.1, 0.15) is 0 Å². The summed E-state index contributed by atoms with van der Waals surface area (Å²) in [6.07, 6.45) is -11.0. The van der Waals surface area contributed by atoms with E-state index in [2.05, 4.69) is 0 Å². The SMILES string of the molecule is CCC(I)c1ccc(C(O)(C(F)(F)F)C(F)(F)F)cc1. The highest BCUT2D eigenvalue weighted by Gasteiger charge is 2.71. The predicted molar refractivity (Wildman–Crippen MR) is 69.5 cm³/mol. The summed E-state index contributed by atoms with van der Waals surface area (Å²) in [5, 5.41) is 9.19. The van der Waals surface area contributed by atoms with E-state index in [1.54, 1.807) is 0 Å². The van der Waals surface area contributed by atoms with Gasteiger partial charge in [-0.2, -0.15) is 26.3 Å². The standard InChI is InChI=1S/C12H11F6IO/c1-2-9(19)7-3-5-8(6-4-7)10(20,11(13,14)15)12(16,17)18/h3-6,9,20H,2H2,1H3. The summed E-state index contributed by atoms with van der Waals surface area (Å²) < 4.78 is 75.8. The second-order valence-electron chi connectivity index (χ2n) is 4.20. The molecule has 0 spiro atoms. The van der Waals surface area contributed by atoms with Gasteiger partial charge in [-0.3, -0.25) is 0 Å². The molecule has 1 atom stereocenters. The van der Waals surface area contributed by atoms with Gasteiger partial charge in [0.25, 0.3) is 5.60 Å². The Morgan fingerprint density at radius 3 is 1.70 bits per heavy atom. The van der Waals surface area contributed by atoms with E-state index in [4.69, 9.17) is 0 Å². The van der Waals surface area contributed by atoms with Gasteiger partial charge in [-0.15, -0.1) is 0 Å². The van der Waals surface area contributed by atoms with E-state index in [-0.39, 0.29) is 3.92 Å². The molecule has 0 aliphatic rings. The van der Waals surface area contributed by atoms with E-state index in [9.17, 15) is 31.4 Å². The average Bonchev–Trinajstić information content (AvgIpc) is 2.34. The van der Waals surface area contributed by atoms with Crippen molar-refractivity contribution in [1.82, 2.24) is 0 Å². The number of alkyl halides is 7. The van der Waals surface area contributed by atoms with Crippen LogP contribution >= 0.6 is 22.6 Å². The third kappa shape index (κ3) is 3.05. The first-order valence-electron chi connectivity index (χ1n) is 5.55. The number of hydrogen-bond acceptors (Lipinski definition) is 1. The van der Waals surface area contributed by atoms with E-state index in [0.717, 1.165) is 0 Å². The highest BCUT2D eigenvalue weighted by atomic mass is 127. The van der Waals surface area contributed by atoms with Crippen molar-refractivity contribution in [2.45, 2.75) is 35.2 Å². The Balaban J connectivity index is 3.31. The Bertz CT molecular complexity index is 437. The molecule has 20 heavy (non-hydrogen) atoms. The maximum absolute atomic E-state index is 12.6. The zero-order chi connectivity index (χ0) is 15.8. The van der Waals surface area contributed by atoms with Crippen LogP contribution in [0, 0.1) is 0 Å². The Hall–Kier alpha value is -0.510. The van der Waals surface area contributed by atoms with Gasteiger partial charge in [0.15, 0.2) is 0 Å². The van der Waals surface area contributed by atoms with E-state index in [1.807, 2.05) is 29.5 Å². The van der Waals surface area contributed by atoms with E-state index in [0.29, 0.717) is 24.1 Å². The number of hydrogen-bond donors (Lipinski definition) is 1. The Labute approximate surface area is 125 Å². The molecule has 0 amide bonds. The summed E-state index contributed by atoms with van der Waals surface area (Å²) in [6.45, 7) is 1.84. The molecule has 0 bridgehead atoms. The van der Waals surface area contributed by atoms with E-state index in [1.165, 1.54) is 12.1 Å². The molecule has 0 heterocycles. The minimum absolute atomic E-state index is 0.0217. The average molecular weight is 412 g/mol. The van der Waals surface area contributed by atoms with Crippen LogP contribution < -0.4 is 0 Å². The normalized spacial score (nSPS) is 15.2. The fraction of sp³-hybridized carbons (Fsp3) is 0.500. The van der Waals surface area contributed by atoms with Gasteiger partial charge in [0.05, 0.1) is 0 Å². The maximum atomic E-state index is 12.6. The lowest BCUT2D eigenvalue weighted by Gasteiger charge is -2.32. The van der Waals surface area contributed by atoms with Crippen molar-refractivity contribution in [3.05, 3.63) is 35.4 Å². The third-order valence-corrected chi connectivity index (χ3v) is 4.47. The van der Waals surface area contributed by atoms with Gasteiger partial charge in [-0.25, -0.2) is 0 Å². The number of halogens is 7. The van der Waals surface area contributed by atoms with Gasteiger partial charge in [0, 0.05) is 9.49 Å². The number of rotatable bonds is 3. The first-order chi connectivity index (χ1) is 8.95. The van der Waals surface area contributed by atoms with Crippen LogP contribution in [0.15, 0.2) is 24.3 Å². The molecule has 0 saturated heterocycles. The van der Waals surface area contributed by atoms with Crippen LogP contribution in [-0.2, 0) is 5.60 Å². The molecule has 1 aromatic rings. The van der Waals surface area contributed by atoms with Crippen LogP contribution in [0.3, 0.4) is 0 Å². The van der Waals surface area contributed by atoms with Crippen LogP contribution in [0.2, 0.25) is 0 Å². The summed E-state index contributed by atoms with van der Waals surface area (Å²) in [6, 6.07) is 3.66. The van der Waals surface area contributed by atoms with Crippen molar-refractivity contribution in [3.8, 4) is 0 Å². The Morgan fingerprint density at radius 2 is 1.40 bits per heavy atom. The summed E-state index contributed by atoms with van der Waals surface area (Å²) in [5.74, 6) is 0. The molecule has 114 valence electrons. The second kappa shape index (κ2) is 5.70. The van der Waals surface area contributed by atoms with Crippen molar-refractivity contribution in [2.24, 2.45) is 0 Å². The molecule has 1 aromatic carbocycles. The first-order valence-corrected chi connectivity index (χ1v) is 6.80. The van der Waals surface area contributed by atoms with Crippen molar-refractivity contribution in [2.75, 3.05) is 0 Å². The lowest BCUT2D eigenvalue weighted by atomic mass is 9.91. The topological polar surface area (TPSA) is 20.2 Å². The van der Waals surface area contributed by atoms with Gasteiger partial charge >= 0.3 is 12.4 Å². The Kier molecular flexibility index (Phi) is 5.00. The quantitative estimate of drug-likeness (QED) is 0.426. The molecule has 0 fully saturated rings. The molecule has 8 heteroatoms. The van der Waals surface area contributed by atoms with Gasteiger partial charge in [0.2, 0.25) is 0 Å². The smallest absolute Gasteiger partial charge is 0.369 e. The second-order valence-corrected chi connectivity index (χ2v) is 5.71. The van der Waals surface area contributed by atoms with E-state index < -0.39 is 23.5 Å².